The third kappa shape index (κ3) is 3.13. The smallest absolute Gasteiger partial charge is 0.310 e. The molecule has 82 valence electrons. The largest absolute Gasteiger partial charge is 0.466 e. The number of carbonyl (C=O) groups is 1. The number of benzene rings is 1. The Balaban J connectivity index is 2.86. The molecule has 0 aliphatic rings. The minimum absolute atomic E-state index is 0.188. The molecule has 0 fully saturated rings. The molecule has 0 amide bonds. The number of hydrogen-bond acceptors (Lipinski definition) is 3. The second-order valence-electron chi connectivity index (χ2n) is 3.28. The summed E-state index contributed by atoms with van der Waals surface area (Å²) in [7, 11) is 0. The van der Waals surface area contributed by atoms with Crippen molar-refractivity contribution in [1.29, 1.82) is 0 Å². The number of ether oxygens (including phenoxy) is 1. The third-order valence-electron chi connectivity index (χ3n) is 2.08. The van der Waals surface area contributed by atoms with E-state index in [1.807, 2.05) is 13.0 Å². The fourth-order valence-corrected chi connectivity index (χ4v) is 1.50. The van der Waals surface area contributed by atoms with Gasteiger partial charge in [-0.05, 0) is 31.0 Å². The number of aryl methyl sites for hydroxylation is 1. The number of anilines is 1. The van der Waals surface area contributed by atoms with Crippen molar-refractivity contribution in [1.82, 2.24) is 0 Å². The van der Waals surface area contributed by atoms with Gasteiger partial charge in [-0.15, -0.1) is 0 Å². The summed E-state index contributed by atoms with van der Waals surface area (Å²) in [5, 5.41) is 0.506. The van der Waals surface area contributed by atoms with E-state index in [1.54, 1.807) is 13.0 Å². The first kappa shape index (κ1) is 11.9. The van der Waals surface area contributed by atoms with E-state index in [2.05, 4.69) is 0 Å². The summed E-state index contributed by atoms with van der Waals surface area (Å²) in [5.41, 5.74) is 7.98. The molecule has 0 saturated carbocycles. The third-order valence-corrected chi connectivity index (χ3v) is 2.43. The average molecular weight is 228 g/mol. The Bertz CT molecular complexity index is 377. The summed E-state index contributed by atoms with van der Waals surface area (Å²) in [6.45, 7) is 4.03. The monoisotopic (exact) mass is 227 g/mol. The molecule has 0 atom stereocenters. The minimum Gasteiger partial charge on any atom is -0.466 e. The van der Waals surface area contributed by atoms with Crippen LogP contribution in [-0.4, -0.2) is 12.6 Å². The highest BCUT2D eigenvalue weighted by molar-refractivity contribution is 6.31. The fraction of sp³-hybridized carbons (Fsp3) is 0.364. The number of nitrogens with two attached hydrogens (primary N) is 1. The van der Waals surface area contributed by atoms with Crippen molar-refractivity contribution in [3.63, 3.8) is 0 Å². The van der Waals surface area contributed by atoms with E-state index in [4.69, 9.17) is 22.1 Å². The number of halogens is 1. The number of nitrogen functional groups attached to an aromatic ring is 1. The topological polar surface area (TPSA) is 52.3 Å². The van der Waals surface area contributed by atoms with E-state index in [-0.39, 0.29) is 12.4 Å². The predicted octanol–water partition coefficient (Wildman–Crippen LogP) is 2.34. The van der Waals surface area contributed by atoms with E-state index in [0.717, 1.165) is 11.1 Å². The van der Waals surface area contributed by atoms with Gasteiger partial charge in [0.2, 0.25) is 0 Å². The first-order chi connectivity index (χ1) is 7.04. The lowest BCUT2D eigenvalue weighted by Crippen LogP contribution is -2.08. The maximum atomic E-state index is 11.2. The van der Waals surface area contributed by atoms with Crippen LogP contribution in [-0.2, 0) is 16.0 Å². The van der Waals surface area contributed by atoms with Gasteiger partial charge in [0.25, 0.3) is 0 Å². The summed E-state index contributed by atoms with van der Waals surface area (Å²) < 4.78 is 4.84. The summed E-state index contributed by atoms with van der Waals surface area (Å²) in [6, 6.07) is 3.47. The highest BCUT2D eigenvalue weighted by Gasteiger charge is 2.09. The quantitative estimate of drug-likeness (QED) is 0.637. The molecular formula is C11H14ClNO2. The minimum atomic E-state index is -0.274. The standard InChI is InChI=1S/C11H14ClNO2/c1-3-15-11(14)5-8-4-7(2)10(13)6-9(8)12/h4,6H,3,5,13H2,1-2H3. The zero-order valence-electron chi connectivity index (χ0n) is 8.84. The lowest BCUT2D eigenvalue weighted by atomic mass is 10.1. The molecule has 0 unspecified atom stereocenters. The van der Waals surface area contributed by atoms with Crippen molar-refractivity contribution in [2.75, 3.05) is 12.3 Å². The predicted molar refractivity (Wildman–Crippen MR) is 60.9 cm³/mol. The van der Waals surface area contributed by atoms with Gasteiger partial charge in [-0.2, -0.15) is 0 Å². The van der Waals surface area contributed by atoms with Crippen LogP contribution < -0.4 is 5.73 Å². The van der Waals surface area contributed by atoms with Crippen LogP contribution in [0.4, 0.5) is 5.69 Å². The molecular weight excluding hydrogens is 214 g/mol. The van der Waals surface area contributed by atoms with Gasteiger partial charge in [0.15, 0.2) is 0 Å². The first-order valence-electron chi connectivity index (χ1n) is 4.74. The van der Waals surface area contributed by atoms with Crippen molar-refractivity contribution in [3.05, 3.63) is 28.3 Å². The normalized spacial score (nSPS) is 10.1. The number of rotatable bonds is 3. The van der Waals surface area contributed by atoms with Gasteiger partial charge in [-0.25, -0.2) is 0 Å². The van der Waals surface area contributed by atoms with Crippen LogP contribution in [0.15, 0.2) is 12.1 Å². The average Bonchev–Trinajstić information content (AvgIpc) is 2.14. The molecule has 0 aliphatic carbocycles. The molecule has 0 aliphatic heterocycles. The zero-order chi connectivity index (χ0) is 11.4. The van der Waals surface area contributed by atoms with Crippen LogP contribution >= 0.6 is 11.6 Å². The Morgan fingerprint density at radius 3 is 2.80 bits per heavy atom. The van der Waals surface area contributed by atoms with Crippen molar-refractivity contribution >= 4 is 23.3 Å². The van der Waals surface area contributed by atoms with Gasteiger partial charge >= 0.3 is 5.97 Å². The van der Waals surface area contributed by atoms with E-state index in [9.17, 15) is 4.79 Å². The van der Waals surface area contributed by atoms with Crippen LogP contribution in [0.1, 0.15) is 18.1 Å². The second-order valence-corrected chi connectivity index (χ2v) is 3.69. The van der Waals surface area contributed by atoms with Crippen molar-refractivity contribution in [2.24, 2.45) is 0 Å². The highest BCUT2D eigenvalue weighted by atomic mass is 35.5. The molecule has 0 spiro atoms. The summed E-state index contributed by atoms with van der Waals surface area (Å²) >= 11 is 5.96. The Morgan fingerprint density at radius 2 is 2.20 bits per heavy atom. The fourth-order valence-electron chi connectivity index (χ4n) is 1.26. The van der Waals surface area contributed by atoms with Crippen LogP contribution in [0.5, 0.6) is 0 Å². The zero-order valence-corrected chi connectivity index (χ0v) is 9.60. The Morgan fingerprint density at radius 1 is 1.53 bits per heavy atom. The molecule has 1 aromatic carbocycles. The lowest BCUT2D eigenvalue weighted by Gasteiger charge is -2.07. The second kappa shape index (κ2) is 5.03. The van der Waals surface area contributed by atoms with Crippen LogP contribution in [0.3, 0.4) is 0 Å². The van der Waals surface area contributed by atoms with Gasteiger partial charge in [-0.3, -0.25) is 4.79 Å². The van der Waals surface area contributed by atoms with Crippen LogP contribution in [0, 0.1) is 6.92 Å². The molecule has 1 aromatic rings. The van der Waals surface area contributed by atoms with Gasteiger partial charge in [0.05, 0.1) is 13.0 Å². The van der Waals surface area contributed by atoms with E-state index in [0.29, 0.717) is 17.3 Å². The van der Waals surface area contributed by atoms with Gasteiger partial charge < -0.3 is 10.5 Å². The van der Waals surface area contributed by atoms with Crippen LogP contribution in [0.25, 0.3) is 0 Å². The molecule has 3 nitrogen and oxygen atoms in total. The van der Waals surface area contributed by atoms with Gasteiger partial charge in [0, 0.05) is 10.7 Å². The molecule has 0 heterocycles. The molecule has 15 heavy (non-hydrogen) atoms. The first-order valence-corrected chi connectivity index (χ1v) is 5.12. The van der Waals surface area contributed by atoms with E-state index in [1.165, 1.54) is 0 Å². The maximum absolute atomic E-state index is 11.2. The molecule has 0 saturated heterocycles. The molecule has 0 aromatic heterocycles. The molecule has 1 rings (SSSR count). The van der Waals surface area contributed by atoms with Gasteiger partial charge in [0.1, 0.15) is 0 Å². The van der Waals surface area contributed by atoms with Gasteiger partial charge in [-0.1, -0.05) is 17.7 Å². The Labute approximate surface area is 94.2 Å². The highest BCUT2D eigenvalue weighted by Crippen LogP contribution is 2.23. The molecule has 0 bridgehead atoms. The van der Waals surface area contributed by atoms with E-state index >= 15 is 0 Å². The Kier molecular flexibility index (Phi) is 3.97. The maximum Gasteiger partial charge on any atom is 0.310 e. The summed E-state index contributed by atoms with van der Waals surface area (Å²) in [5.74, 6) is -0.274. The SMILES string of the molecule is CCOC(=O)Cc1cc(C)c(N)cc1Cl. The number of esters is 1. The van der Waals surface area contributed by atoms with E-state index < -0.39 is 0 Å². The van der Waals surface area contributed by atoms with Crippen molar-refractivity contribution in [2.45, 2.75) is 20.3 Å². The lowest BCUT2D eigenvalue weighted by molar-refractivity contribution is -0.142. The Hall–Kier alpha value is -1.22. The summed E-state index contributed by atoms with van der Waals surface area (Å²) in [4.78, 5) is 11.2. The summed E-state index contributed by atoms with van der Waals surface area (Å²) in [6.07, 6.45) is 0.188. The molecule has 0 radical (unpaired) electrons. The molecule has 4 heteroatoms. The number of carbonyl (C=O) groups excluding carboxylic acids is 1. The van der Waals surface area contributed by atoms with Crippen molar-refractivity contribution in [3.8, 4) is 0 Å². The van der Waals surface area contributed by atoms with Crippen molar-refractivity contribution < 1.29 is 9.53 Å². The number of hydrogen-bond donors (Lipinski definition) is 1. The van der Waals surface area contributed by atoms with Crippen LogP contribution in [0.2, 0.25) is 5.02 Å². The molecule has 2 N–H and O–H groups in total.